The number of nitrogens with zero attached hydrogens (tertiary/aromatic N) is 2. The maximum Gasteiger partial charge on any atom is 0.224 e. The van der Waals surface area contributed by atoms with Gasteiger partial charge in [0.25, 0.3) is 0 Å². The molecule has 2 N–H and O–H groups in total. The van der Waals surface area contributed by atoms with Crippen LogP contribution in [0.1, 0.15) is 26.2 Å². The van der Waals surface area contributed by atoms with E-state index in [0.717, 1.165) is 18.4 Å². The summed E-state index contributed by atoms with van der Waals surface area (Å²) >= 11 is 0. The van der Waals surface area contributed by atoms with Gasteiger partial charge in [-0.3, -0.25) is 9.59 Å². The topological polar surface area (TPSA) is 68.3 Å². The van der Waals surface area contributed by atoms with Crippen LogP contribution in [-0.4, -0.2) is 33.9 Å². The number of piperidine rings is 1. The summed E-state index contributed by atoms with van der Waals surface area (Å²) in [5.74, 6) is -0.408. The highest BCUT2D eigenvalue weighted by molar-refractivity contribution is 5.82. The number of carbonyl (C=O) groups is 2. The number of hydrogen-bond donors (Lipinski definition) is 1. The van der Waals surface area contributed by atoms with Crippen molar-refractivity contribution >= 4 is 22.7 Å². The van der Waals surface area contributed by atoms with Crippen LogP contribution < -0.4 is 5.73 Å². The second-order valence-electron chi connectivity index (χ2n) is 6.39. The van der Waals surface area contributed by atoms with Gasteiger partial charge in [-0.2, -0.15) is 0 Å². The van der Waals surface area contributed by atoms with Gasteiger partial charge in [-0.15, -0.1) is 0 Å². The van der Waals surface area contributed by atoms with Gasteiger partial charge in [0.2, 0.25) is 11.8 Å². The summed E-state index contributed by atoms with van der Waals surface area (Å²) in [6.07, 6.45) is 4.08. The highest BCUT2D eigenvalue weighted by Gasteiger charge is 2.31. The van der Waals surface area contributed by atoms with Crippen LogP contribution in [0.3, 0.4) is 0 Å². The number of nitrogens with two attached hydrogens (primary N) is 1. The Balaban J connectivity index is 1.65. The summed E-state index contributed by atoms with van der Waals surface area (Å²) in [5, 5.41) is 1.18. The summed E-state index contributed by atoms with van der Waals surface area (Å²) in [6.45, 7) is 3.15. The Labute approximate surface area is 136 Å². The highest BCUT2D eigenvalue weighted by atomic mass is 16.2. The van der Waals surface area contributed by atoms with Gasteiger partial charge >= 0.3 is 0 Å². The van der Waals surface area contributed by atoms with Gasteiger partial charge < -0.3 is 15.2 Å². The Bertz CT molecular complexity index is 722. The van der Waals surface area contributed by atoms with E-state index in [9.17, 15) is 9.59 Å². The number of para-hydroxylation sites is 1. The van der Waals surface area contributed by atoms with E-state index >= 15 is 0 Å². The number of amides is 2. The minimum atomic E-state index is -0.300. The van der Waals surface area contributed by atoms with E-state index in [4.69, 9.17) is 5.73 Å². The molecule has 2 heterocycles. The fourth-order valence-corrected chi connectivity index (χ4v) is 3.38. The minimum Gasteiger partial charge on any atom is -0.369 e. The van der Waals surface area contributed by atoms with Gasteiger partial charge in [-0.05, 0) is 37.3 Å². The number of carbonyl (C=O) groups excluding carboxylic acids is 2. The molecule has 0 radical (unpaired) electrons. The quantitative estimate of drug-likeness (QED) is 0.939. The van der Waals surface area contributed by atoms with E-state index in [0.29, 0.717) is 19.5 Å². The van der Waals surface area contributed by atoms with Crippen LogP contribution in [-0.2, 0) is 16.1 Å². The first-order chi connectivity index (χ1) is 11.1. The number of aryl methyl sites for hydroxylation is 1. The summed E-state index contributed by atoms with van der Waals surface area (Å²) in [5.41, 5.74) is 6.55. The molecule has 3 rings (SSSR count). The third-order valence-corrected chi connectivity index (χ3v) is 4.85. The van der Waals surface area contributed by atoms with E-state index in [-0.39, 0.29) is 23.8 Å². The van der Waals surface area contributed by atoms with Crippen molar-refractivity contribution in [3.05, 3.63) is 36.5 Å². The van der Waals surface area contributed by atoms with E-state index in [2.05, 4.69) is 22.8 Å². The van der Waals surface area contributed by atoms with Crippen molar-refractivity contribution in [1.82, 2.24) is 9.47 Å². The predicted octanol–water partition coefficient (Wildman–Crippen LogP) is 2.14. The second-order valence-corrected chi connectivity index (χ2v) is 6.39. The van der Waals surface area contributed by atoms with Crippen LogP contribution >= 0.6 is 0 Å². The summed E-state index contributed by atoms with van der Waals surface area (Å²) in [6, 6.07) is 10.4. The fraction of sp³-hybridized carbons (Fsp3) is 0.444. The molecule has 2 amide bonds. The van der Waals surface area contributed by atoms with Crippen LogP contribution in [0.15, 0.2) is 36.5 Å². The first-order valence-corrected chi connectivity index (χ1v) is 8.19. The monoisotopic (exact) mass is 313 g/mol. The van der Waals surface area contributed by atoms with Gasteiger partial charge in [0.15, 0.2) is 0 Å². The fourth-order valence-electron chi connectivity index (χ4n) is 3.38. The zero-order chi connectivity index (χ0) is 16.4. The van der Waals surface area contributed by atoms with E-state index in [1.165, 1.54) is 5.39 Å². The third kappa shape index (κ3) is 3.23. The molecule has 1 aromatic heterocycles. The van der Waals surface area contributed by atoms with Gasteiger partial charge in [-0.1, -0.05) is 18.2 Å². The number of primary amides is 1. The molecule has 5 nitrogen and oxygen atoms in total. The Morgan fingerprint density at radius 3 is 2.78 bits per heavy atom. The molecule has 0 aliphatic carbocycles. The van der Waals surface area contributed by atoms with Crippen LogP contribution in [0.2, 0.25) is 0 Å². The van der Waals surface area contributed by atoms with Crippen molar-refractivity contribution < 1.29 is 9.59 Å². The minimum absolute atomic E-state index is 0.0984. The zero-order valence-electron chi connectivity index (χ0n) is 13.4. The normalized spacial score (nSPS) is 21.5. The largest absolute Gasteiger partial charge is 0.369 e. The maximum atomic E-state index is 12.6. The molecule has 23 heavy (non-hydrogen) atoms. The molecule has 1 saturated heterocycles. The number of rotatable bonds is 4. The van der Waals surface area contributed by atoms with Crippen molar-refractivity contribution in [2.24, 2.45) is 11.7 Å². The van der Waals surface area contributed by atoms with E-state index < -0.39 is 0 Å². The molecule has 122 valence electrons. The molecule has 1 fully saturated rings. The Morgan fingerprint density at radius 1 is 1.22 bits per heavy atom. The lowest BCUT2D eigenvalue weighted by Gasteiger charge is -2.37. The molecular weight excluding hydrogens is 290 g/mol. The third-order valence-electron chi connectivity index (χ3n) is 4.85. The van der Waals surface area contributed by atoms with Crippen LogP contribution in [0.4, 0.5) is 0 Å². The average Bonchev–Trinajstić information content (AvgIpc) is 2.96. The number of likely N-dealkylation sites (tertiary alicyclic amines) is 1. The predicted molar refractivity (Wildman–Crippen MR) is 89.6 cm³/mol. The van der Waals surface area contributed by atoms with Crippen LogP contribution in [0.5, 0.6) is 0 Å². The maximum absolute atomic E-state index is 12.6. The number of hydrogen-bond acceptors (Lipinski definition) is 2. The SMILES string of the molecule is C[C@H]1CC[C@H](C(N)=O)CN1C(=O)CCn1ccc2ccccc21. The average molecular weight is 313 g/mol. The first kappa shape index (κ1) is 15.6. The molecule has 0 unspecified atom stereocenters. The molecular formula is C18H23N3O2. The molecule has 1 aromatic carbocycles. The standard InChI is InChI=1S/C18H23N3O2/c1-13-6-7-15(18(19)23)12-21(13)17(22)9-11-20-10-8-14-4-2-3-5-16(14)20/h2-5,8,10,13,15H,6-7,9,11-12H2,1H3,(H2,19,23)/t13-,15-/m0/s1. The molecule has 0 spiro atoms. The smallest absolute Gasteiger partial charge is 0.224 e. The molecule has 1 aliphatic rings. The van der Waals surface area contributed by atoms with Gasteiger partial charge in [0.05, 0.1) is 5.92 Å². The van der Waals surface area contributed by atoms with Gasteiger partial charge in [-0.25, -0.2) is 0 Å². The van der Waals surface area contributed by atoms with Crippen molar-refractivity contribution in [2.45, 2.75) is 38.8 Å². The Morgan fingerprint density at radius 2 is 2.00 bits per heavy atom. The number of fused-ring (bicyclic) bond motifs is 1. The molecule has 2 atom stereocenters. The summed E-state index contributed by atoms with van der Waals surface area (Å²) in [4.78, 5) is 25.8. The highest BCUT2D eigenvalue weighted by Crippen LogP contribution is 2.23. The van der Waals surface area contributed by atoms with Gasteiger partial charge in [0, 0.05) is 37.3 Å². The summed E-state index contributed by atoms with van der Waals surface area (Å²) < 4.78 is 2.10. The van der Waals surface area contributed by atoms with Crippen LogP contribution in [0, 0.1) is 5.92 Å². The van der Waals surface area contributed by atoms with E-state index in [1.54, 1.807) is 0 Å². The lowest BCUT2D eigenvalue weighted by Crippen LogP contribution is -2.48. The van der Waals surface area contributed by atoms with Gasteiger partial charge in [0.1, 0.15) is 0 Å². The lowest BCUT2D eigenvalue weighted by molar-refractivity contribution is -0.137. The first-order valence-electron chi connectivity index (χ1n) is 8.19. The second kappa shape index (κ2) is 6.44. The Hall–Kier alpha value is -2.30. The Kier molecular flexibility index (Phi) is 4.37. The molecule has 2 aromatic rings. The molecule has 5 heteroatoms. The van der Waals surface area contributed by atoms with E-state index in [1.807, 2.05) is 30.2 Å². The molecule has 1 aliphatic heterocycles. The lowest BCUT2D eigenvalue weighted by atomic mass is 9.92. The van der Waals surface area contributed by atoms with Crippen molar-refractivity contribution in [3.63, 3.8) is 0 Å². The summed E-state index contributed by atoms with van der Waals surface area (Å²) in [7, 11) is 0. The van der Waals surface area contributed by atoms with Crippen molar-refractivity contribution in [1.29, 1.82) is 0 Å². The zero-order valence-corrected chi connectivity index (χ0v) is 13.4. The molecule has 0 saturated carbocycles. The molecule has 0 bridgehead atoms. The van der Waals surface area contributed by atoms with Crippen LogP contribution in [0.25, 0.3) is 10.9 Å². The number of aromatic nitrogens is 1. The van der Waals surface area contributed by atoms with Crippen molar-refractivity contribution in [3.8, 4) is 0 Å². The number of benzene rings is 1. The van der Waals surface area contributed by atoms with Crippen molar-refractivity contribution in [2.75, 3.05) is 6.54 Å².